The summed E-state index contributed by atoms with van der Waals surface area (Å²) in [5, 5.41) is 12.6. The van der Waals surface area contributed by atoms with Crippen LogP contribution in [0.4, 0.5) is 0 Å². The third-order valence-corrected chi connectivity index (χ3v) is 4.90. The molecule has 4 rings (SSSR count). The summed E-state index contributed by atoms with van der Waals surface area (Å²) >= 11 is 0. The van der Waals surface area contributed by atoms with E-state index < -0.39 is 11.1 Å². The van der Waals surface area contributed by atoms with E-state index in [4.69, 9.17) is 0 Å². The van der Waals surface area contributed by atoms with Crippen LogP contribution in [0.3, 0.4) is 0 Å². The van der Waals surface area contributed by atoms with Gasteiger partial charge in [-0.15, -0.1) is 0 Å². The Bertz CT molecular complexity index is 1100. The van der Waals surface area contributed by atoms with Crippen LogP contribution in [-0.4, -0.2) is 32.1 Å². The summed E-state index contributed by atoms with van der Waals surface area (Å²) in [6.07, 6.45) is 2.53. The van der Waals surface area contributed by atoms with E-state index in [2.05, 4.69) is 20.3 Å². The molecule has 0 aliphatic heterocycles. The van der Waals surface area contributed by atoms with Gasteiger partial charge in [-0.25, -0.2) is 0 Å². The number of nitrogens with zero attached hydrogens (tertiary/aromatic N) is 1. The maximum Gasteiger partial charge on any atom is 0.314 e. The Balaban J connectivity index is 1.62. The van der Waals surface area contributed by atoms with Gasteiger partial charge in [0.15, 0.2) is 0 Å². The fourth-order valence-corrected chi connectivity index (χ4v) is 3.38. The zero-order valence-electron chi connectivity index (χ0n) is 14.3. The molecule has 0 radical (unpaired) electrons. The average Bonchev–Trinajstić information content (AvgIpc) is 2.65. The van der Waals surface area contributed by atoms with E-state index in [1.165, 1.54) is 6.07 Å². The Labute approximate surface area is 153 Å². The van der Waals surface area contributed by atoms with Crippen molar-refractivity contribution in [3.8, 4) is 0 Å². The zero-order valence-corrected chi connectivity index (χ0v) is 14.3. The molecule has 2 aromatic heterocycles. The van der Waals surface area contributed by atoms with Crippen LogP contribution < -0.4 is 16.4 Å². The van der Waals surface area contributed by atoms with Gasteiger partial charge in [0.05, 0.1) is 28.9 Å². The molecule has 3 aromatic rings. The number of aromatic amines is 2. The summed E-state index contributed by atoms with van der Waals surface area (Å²) in [5.74, 6) is -0.212. The predicted molar refractivity (Wildman–Crippen MR) is 98.4 cm³/mol. The fraction of sp³-hybridized carbons (Fsp3) is 0.263. The highest BCUT2D eigenvalue weighted by atomic mass is 16.3. The number of hydrogen-bond donors (Lipinski definition) is 4. The van der Waals surface area contributed by atoms with Crippen LogP contribution in [0.25, 0.3) is 11.0 Å². The molecule has 2 heterocycles. The lowest BCUT2D eigenvalue weighted by molar-refractivity contribution is 0.0228. The minimum atomic E-state index is -0.769. The van der Waals surface area contributed by atoms with Crippen molar-refractivity contribution in [2.45, 2.75) is 25.0 Å². The summed E-state index contributed by atoms with van der Waals surface area (Å²) in [5.41, 5.74) is 0.404. The van der Waals surface area contributed by atoms with E-state index in [0.717, 1.165) is 5.69 Å². The quantitative estimate of drug-likeness (QED) is 0.509. The molecule has 1 fully saturated rings. The Morgan fingerprint density at radius 2 is 1.85 bits per heavy atom. The normalized spacial score (nSPS) is 20.0. The number of carbonyl (C=O) groups is 1. The molecular formula is C19H18N4O4. The van der Waals surface area contributed by atoms with Gasteiger partial charge in [-0.1, -0.05) is 6.07 Å². The summed E-state index contributed by atoms with van der Waals surface area (Å²) in [4.78, 5) is 45.0. The van der Waals surface area contributed by atoms with Gasteiger partial charge in [-0.3, -0.25) is 19.4 Å². The molecule has 0 spiro atoms. The van der Waals surface area contributed by atoms with Crippen molar-refractivity contribution in [2.24, 2.45) is 5.92 Å². The number of aliphatic hydroxyl groups is 1. The van der Waals surface area contributed by atoms with Gasteiger partial charge in [0.25, 0.3) is 5.91 Å². The molecule has 1 aromatic carbocycles. The summed E-state index contributed by atoms with van der Waals surface area (Å²) in [6, 6.07) is 9.87. The molecule has 138 valence electrons. The van der Waals surface area contributed by atoms with E-state index >= 15 is 0 Å². The molecule has 1 aliphatic rings. The Hall–Kier alpha value is -3.26. The van der Waals surface area contributed by atoms with Crippen LogP contribution in [0, 0.1) is 5.92 Å². The van der Waals surface area contributed by atoms with Gasteiger partial charge in [0.2, 0.25) is 0 Å². The Kier molecular flexibility index (Phi) is 4.33. The van der Waals surface area contributed by atoms with Crippen LogP contribution in [0.5, 0.6) is 0 Å². The standard InChI is InChI=1S/C19H18N4O4/c24-12-7-11(8-12)16(14-3-1-2-6-20-14)23-17(25)10-4-5-13-15(9-10)22-19(27)18(26)21-13/h1-6,9,11-12,16,24H,7-8H2,(H,21,26)(H,22,27)(H,23,25)/t11?,12?,16-/m1/s1. The monoisotopic (exact) mass is 366 g/mol. The molecule has 27 heavy (non-hydrogen) atoms. The highest BCUT2D eigenvalue weighted by Crippen LogP contribution is 2.37. The van der Waals surface area contributed by atoms with Gasteiger partial charge in [-0.05, 0) is 49.1 Å². The number of carbonyl (C=O) groups excluding carboxylic acids is 1. The third-order valence-electron chi connectivity index (χ3n) is 4.90. The van der Waals surface area contributed by atoms with Crippen molar-refractivity contribution in [3.63, 3.8) is 0 Å². The SMILES string of the molecule is O=C(N[C@@H](c1ccccn1)C1CC(O)C1)c1ccc2[nH]c(=O)c(=O)[nH]c2c1. The predicted octanol–water partition coefficient (Wildman–Crippen LogP) is 0.853. The number of pyridine rings is 1. The lowest BCUT2D eigenvalue weighted by Crippen LogP contribution is -2.41. The van der Waals surface area contributed by atoms with Crippen LogP contribution in [-0.2, 0) is 0 Å². The molecule has 8 nitrogen and oxygen atoms in total. The highest BCUT2D eigenvalue weighted by molar-refractivity contribution is 5.97. The van der Waals surface area contributed by atoms with Crippen LogP contribution in [0.2, 0.25) is 0 Å². The summed E-state index contributed by atoms with van der Waals surface area (Å²) in [6.45, 7) is 0. The smallest absolute Gasteiger partial charge is 0.314 e. The fourth-order valence-electron chi connectivity index (χ4n) is 3.38. The third kappa shape index (κ3) is 3.39. The van der Waals surface area contributed by atoms with Gasteiger partial charge in [0, 0.05) is 11.8 Å². The maximum atomic E-state index is 12.8. The second-order valence-electron chi connectivity index (χ2n) is 6.76. The largest absolute Gasteiger partial charge is 0.393 e. The van der Waals surface area contributed by atoms with E-state index in [-0.39, 0.29) is 24.0 Å². The molecule has 0 saturated heterocycles. The zero-order chi connectivity index (χ0) is 19.0. The van der Waals surface area contributed by atoms with Crippen molar-refractivity contribution in [1.29, 1.82) is 0 Å². The average molecular weight is 366 g/mol. The topological polar surface area (TPSA) is 128 Å². The Morgan fingerprint density at radius 3 is 2.52 bits per heavy atom. The van der Waals surface area contributed by atoms with Gasteiger partial charge < -0.3 is 20.4 Å². The summed E-state index contributed by atoms with van der Waals surface area (Å²) < 4.78 is 0. The minimum absolute atomic E-state index is 0.107. The van der Waals surface area contributed by atoms with Gasteiger partial charge in [0.1, 0.15) is 0 Å². The molecule has 0 bridgehead atoms. The van der Waals surface area contributed by atoms with Crippen LogP contribution >= 0.6 is 0 Å². The summed E-state index contributed by atoms with van der Waals surface area (Å²) in [7, 11) is 0. The molecule has 1 amide bonds. The van der Waals surface area contributed by atoms with Crippen molar-refractivity contribution < 1.29 is 9.90 Å². The molecule has 4 N–H and O–H groups in total. The highest BCUT2D eigenvalue weighted by Gasteiger charge is 2.36. The lowest BCUT2D eigenvalue weighted by Gasteiger charge is -2.37. The lowest BCUT2D eigenvalue weighted by atomic mass is 9.76. The number of hydrogen-bond acceptors (Lipinski definition) is 5. The van der Waals surface area contributed by atoms with Crippen molar-refractivity contribution >= 4 is 16.9 Å². The number of nitrogens with one attached hydrogen (secondary N) is 3. The van der Waals surface area contributed by atoms with Gasteiger partial charge in [-0.2, -0.15) is 0 Å². The van der Waals surface area contributed by atoms with Crippen LogP contribution in [0.1, 0.15) is 34.9 Å². The van der Waals surface area contributed by atoms with Crippen molar-refractivity contribution in [2.75, 3.05) is 0 Å². The number of H-pyrrole nitrogens is 2. The van der Waals surface area contributed by atoms with Crippen molar-refractivity contribution in [3.05, 3.63) is 74.6 Å². The molecule has 1 aliphatic carbocycles. The molecule has 0 unspecified atom stereocenters. The second-order valence-corrected chi connectivity index (χ2v) is 6.76. The molecular weight excluding hydrogens is 348 g/mol. The van der Waals surface area contributed by atoms with Crippen LogP contribution in [0.15, 0.2) is 52.2 Å². The van der Waals surface area contributed by atoms with E-state index in [0.29, 0.717) is 29.4 Å². The number of benzene rings is 1. The first-order valence-corrected chi connectivity index (χ1v) is 8.67. The Morgan fingerprint density at radius 1 is 1.11 bits per heavy atom. The number of fused-ring (bicyclic) bond motifs is 1. The first kappa shape index (κ1) is 17.2. The second kappa shape index (κ2) is 6.81. The maximum absolute atomic E-state index is 12.8. The first-order chi connectivity index (χ1) is 13.0. The molecule has 1 saturated carbocycles. The van der Waals surface area contributed by atoms with Gasteiger partial charge >= 0.3 is 11.1 Å². The van der Waals surface area contributed by atoms with E-state index in [9.17, 15) is 19.5 Å². The van der Waals surface area contributed by atoms with Crippen molar-refractivity contribution in [1.82, 2.24) is 20.3 Å². The van der Waals surface area contributed by atoms with E-state index in [1.807, 2.05) is 12.1 Å². The molecule has 8 heteroatoms. The number of aromatic nitrogens is 3. The molecule has 1 atom stereocenters. The number of amides is 1. The minimum Gasteiger partial charge on any atom is -0.393 e. The number of rotatable bonds is 4. The first-order valence-electron chi connectivity index (χ1n) is 8.67. The number of aliphatic hydroxyl groups excluding tert-OH is 1. The van der Waals surface area contributed by atoms with E-state index in [1.54, 1.807) is 24.4 Å².